The van der Waals surface area contributed by atoms with Crippen molar-refractivity contribution in [2.24, 2.45) is 0 Å². The highest BCUT2D eigenvalue weighted by atomic mass is 35.5. The summed E-state index contributed by atoms with van der Waals surface area (Å²) in [5.74, 6) is 0.686. The summed E-state index contributed by atoms with van der Waals surface area (Å²) in [5, 5.41) is 3.26. The summed E-state index contributed by atoms with van der Waals surface area (Å²) in [5.41, 5.74) is 0.855. The molecular formula is C15H18Cl2N2O3S2. The van der Waals surface area contributed by atoms with Crippen molar-refractivity contribution in [3.05, 3.63) is 46.3 Å². The quantitative estimate of drug-likeness (QED) is 0.843. The summed E-state index contributed by atoms with van der Waals surface area (Å²) < 4.78 is 33.7. The molecule has 1 aromatic carbocycles. The lowest BCUT2D eigenvalue weighted by Gasteiger charge is -2.35. The Morgan fingerprint density at radius 2 is 2.04 bits per heavy atom. The molecule has 1 fully saturated rings. The highest BCUT2D eigenvalue weighted by Crippen LogP contribution is 2.36. The van der Waals surface area contributed by atoms with Crippen molar-refractivity contribution in [2.45, 2.75) is 10.3 Å². The van der Waals surface area contributed by atoms with Crippen LogP contribution in [0.25, 0.3) is 0 Å². The van der Waals surface area contributed by atoms with Crippen molar-refractivity contribution in [2.75, 3.05) is 26.7 Å². The number of ether oxygens (including phenoxy) is 1. The van der Waals surface area contributed by atoms with E-state index in [1.54, 1.807) is 19.2 Å². The van der Waals surface area contributed by atoms with Crippen LogP contribution in [0.4, 0.5) is 0 Å². The monoisotopic (exact) mass is 408 g/mol. The van der Waals surface area contributed by atoms with E-state index in [1.807, 2.05) is 24.3 Å². The van der Waals surface area contributed by atoms with Gasteiger partial charge in [-0.25, -0.2) is 8.42 Å². The molecule has 0 bridgehead atoms. The van der Waals surface area contributed by atoms with Crippen LogP contribution in [0.15, 0.2) is 40.6 Å². The molecule has 1 aliphatic rings. The molecule has 1 aromatic heterocycles. The second kappa shape index (κ2) is 8.03. The maximum absolute atomic E-state index is 13.0. The summed E-state index contributed by atoms with van der Waals surface area (Å²) >= 11 is 6.99. The van der Waals surface area contributed by atoms with E-state index >= 15 is 0 Å². The van der Waals surface area contributed by atoms with E-state index in [-0.39, 0.29) is 22.7 Å². The number of thiophene rings is 1. The van der Waals surface area contributed by atoms with E-state index in [9.17, 15) is 8.42 Å². The van der Waals surface area contributed by atoms with Gasteiger partial charge in [-0.3, -0.25) is 0 Å². The Hall–Kier alpha value is -0.830. The first-order valence-corrected chi connectivity index (χ1v) is 9.78. The van der Waals surface area contributed by atoms with Gasteiger partial charge in [0.15, 0.2) is 0 Å². The van der Waals surface area contributed by atoms with Crippen LogP contribution in [-0.4, -0.2) is 39.5 Å². The van der Waals surface area contributed by atoms with Gasteiger partial charge in [0, 0.05) is 25.2 Å². The first kappa shape index (κ1) is 19.5. The SMILES string of the molecule is COc1ccccc1C1CNCCN1S(=O)(=O)c1ccc(Cl)s1.Cl. The molecule has 24 heavy (non-hydrogen) atoms. The van der Waals surface area contributed by atoms with Crippen molar-refractivity contribution in [3.8, 4) is 5.75 Å². The second-order valence-electron chi connectivity index (χ2n) is 5.14. The maximum Gasteiger partial charge on any atom is 0.253 e. The molecule has 0 saturated carbocycles. The number of piperazine rings is 1. The lowest BCUT2D eigenvalue weighted by molar-refractivity contribution is 0.265. The number of sulfonamides is 1. The molecule has 1 unspecified atom stereocenters. The van der Waals surface area contributed by atoms with Crippen LogP contribution in [0.5, 0.6) is 5.75 Å². The third-order valence-corrected chi connectivity index (χ3v) is 7.41. The fourth-order valence-electron chi connectivity index (χ4n) is 2.73. The fourth-order valence-corrected chi connectivity index (χ4v) is 5.95. The predicted octanol–water partition coefficient (Wildman–Crippen LogP) is 3.17. The summed E-state index contributed by atoms with van der Waals surface area (Å²) in [6.45, 7) is 1.56. The minimum absolute atomic E-state index is 0. The van der Waals surface area contributed by atoms with Crippen LogP contribution >= 0.6 is 35.3 Å². The van der Waals surface area contributed by atoms with Crippen LogP contribution in [-0.2, 0) is 10.0 Å². The zero-order chi connectivity index (χ0) is 16.4. The highest BCUT2D eigenvalue weighted by molar-refractivity contribution is 7.91. The van der Waals surface area contributed by atoms with Crippen LogP contribution in [0.3, 0.4) is 0 Å². The Kier molecular flexibility index (Phi) is 6.52. The third kappa shape index (κ3) is 3.71. The number of para-hydroxylation sites is 1. The van der Waals surface area contributed by atoms with Crippen LogP contribution in [0.2, 0.25) is 4.34 Å². The average molecular weight is 409 g/mol. The molecule has 3 rings (SSSR count). The average Bonchev–Trinajstić information content (AvgIpc) is 3.02. The Bertz CT molecular complexity index is 796. The molecule has 0 radical (unpaired) electrons. The lowest BCUT2D eigenvalue weighted by Crippen LogP contribution is -2.48. The van der Waals surface area contributed by atoms with E-state index in [0.717, 1.165) is 16.9 Å². The van der Waals surface area contributed by atoms with Gasteiger partial charge in [-0.05, 0) is 18.2 Å². The van der Waals surface area contributed by atoms with Gasteiger partial charge in [0.1, 0.15) is 9.96 Å². The third-order valence-electron chi connectivity index (χ3n) is 3.80. The zero-order valence-corrected chi connectivity index (χ0v) is 16.1. The van der Waals surface area contributed by atoms with E-state index in [4.69, 9.17) is 16.3 Å². The molecule has 1 N–H and O–H groups in total. The van der Waals surface area contributed by atoms with Gasteiger partial charge in [0.25, 0.3) is 10.0 Å². The summed E-state index contributed by atoms with van der Waals surface area (Å²) in [6.07, 6.45) is 0. The van der Waals surface area contributed by atoms with Gasteiger partial charge in [0.05, 0.1) is 17.5 Å². The smallest absolute Gasteiger partial charge is 0.253 e. The fraction of sp³-hybridized carbons (Fsp3) is 0.333. The van der Waals surface area contributed by atoms with Gasteiger partial charge in [-0.1, -0.05) is 29.8 Å². The van der Waals surface area contributed by atoms with Crippen molar-refractivity contribution in [1.82, 2.24) is 9.62 Å². The topological polar surface area (TPSA) is 58.6 Å². The Balaban J connectivity index is 0.00000208. The van der Waals surface area contributed by atoms with Gasteiger partial charge in [-0.2, -0.15) is 4.31 Å². The Labute approximate surface area is 157 Å². The van der Waals surface area contributed by atoms with Gasteiger partial charge in [-0.15, -0.1) is 23.7 Å². The van der Waals surface area contributed by atoms with Crippen LogP contribution < -0.4 is 10.1 Å². The van der Waals surface area contributed by atoms with E-state index < -0.39 is 10.0 Å². The maximum atomic E-state index is 13.0. The molecule has 1 saturated heterocycles. The number of nitrogens with one attached hydrogen (secondary N) is 1. The molecule has 1 atom stereocenters. The normalized spacial score (nSPS) is 18.8. The molecule has 0 spiro atoms. The number of hydrogen-bond acceptors (Lipinski definition) is 5. The van der Waals surface area contributed by atoms with Crippen molar-refractivity contribution < 1.29 is 13.2 Å². The highest BCUT2D eigenvalue weighted by Gasteiger charge is 2.36. The van der Waals surface area contributed by atoms with Crippen LogP contribution in [0, 0.1) is 0 Å². The molecule has 2 aromatic rings. The molecule has 0 amide bonds. The largest absolute Gasteiger partial charge is 0.496 e. The minimum Gasteiger partial charge on any atom is -0.496 e. The molecular weight excluding hydrogens is 391 g/mol. The summed E-state index contributed by atoms with van der Waals surface area (Å²) in [7, 11) is -2.00. The van der Waals surface area contributed by atoms with Gasteiger partial charge in [0.2, 0.25) is 0 Å². The first-order chi connectivity index (χ1) is 11.0. The number of nitrogens with zero attached hydrogens (tertiary/aromatic N) is 1. The van der Waals surface area contributed by atoms with Crippen molar-refractivity contribution in [1.29, 1.82) is 0 Å². The zero-order valence-electron chi connectivity index (χ0n) is 12.9. The number of rotatable bonds is 4. The second-order valence-corrected chi connectivity index (χ2v) is 8.97. The first-order valence-electron chi connectivity index (χ1n) is 7.15. The predicted molar refractivity (Wildman–Crippen MR) is 99.1 cm³/mol. The van der Waals surface area contributed by atoms with Crippen molar-refractivity contribution >= 4 is 45.4 Å². The number of benzene rings is 1. The Morgan fingerprint density at radius 3 is 2.71 bits per heavy atom. The minimum atomic E-state index is -3.59. The van der Waals surface area contributed by atoms with Gasteiger partial charge < -0.3 is 10.1 Å². The van der Waals surface area contributed by atoms with Crippen LogP contribution in [0.1, 0.15) is 11.6 Å². The van der Waals surface area contributed by atoms with Crippen molar-refractivity contribution in [3.63, 3.8) is 0 Å². The number of methoxy groups -OCH3 is 1. The molecule has 2 heterocycles. The van der Waals surface area contributed by atoms with E-state index in [2.05, 4.69) is 5.32 Å². The number of halogens is 2. The molecule has 9 heteroatoms. The molecule has 1 aliphatic heterocycles. The molecule has 5 nitrogen and oxygen atoms in total. The molecule has 0 aliphatic carbocycles. The Morgan fingerprint density at radius 1 is 1.29 bits per heavy atom. The standard InChI is InChI=1S/C15H17ClN2O3S2.ClH/c1-21-13-5-3-2-4-11(13)12-10-17-8-9-18(12)23(19,20)15-7-6-14(16)22-15;/h2-7,12,17H,8-10H2,1H3;1H. The lowest BCUT2D eigenvalue weighted by atomic mass is 10.0. The molecule has 132 valence electrons. The van der Waals surface area contributed by atoms with E-state index in [1.165, 1.54) is 4.31 Å². The number of hydrogen-bond donors (Lipinski definition) is 1. The summed E-state index contributed by atoms with van der Waals surface area (Å²) in [6, 6.07) is 10.4. The van der Waals surface area contributed by atoms with E-state index in [0.29, 0.717) is 29.7 Å². The summed E-state index contributed by atoms with van der Waals surface area (Å²) in [4.78, 5) is 0. The van der Waals surface area contributed by atoms with Gasteiger partial charge >= 0.3 is 0 Å².